The van der Waals surface area contributed by atoms with Crippen LogP contribution in [0.4, 0.5) is 0 Å². The van der Waals surface area contributed by atoms with Gasteiger partial charge in [0, 0.05) is 38.3 Å². The molecule has 0 amide bonds. The van der Waals surface area contributed by atoms with Gasteiger partial charge in [0.05, 0.1) is 21.6 Å². The van der Waals surface area contributed by atoms with Crippen LogP contribution < -0.4 is 9.47 Å². The Hall–Kier alpha value is -1.83. The average molecular weight is 580 g/mol. The number of hydrogen-bond donors (Lipinski definition) is 0. The van der Waals surface area contributed by atoms with Crippen LogP contribution in [0, 0.1) is 0 Å². The third-order valence-electron chi connectivity index (χ3n) is 5.75. The number of hydrogen-bond acceptors (Lipinski definition) is 4. The molecule has 34 heavy (non-hydrogen) atoms. The Kier molecular flexibility index (Phi) is 8.72. The molecule has 0 aromatic heterocycles. The van der Waals surface area contributed by atoms with Crippen LogP contribution in [0.2, 0.25) is 10.0 Å². The van der Waals surface area contributed by atoms with Gasteiger partial charge in [0.15, 0.2) is 11.5 Å². The second-order valence-electron chi connectivity index (χ2n) is 8.08. The quantitative estimate of drug-likeness (QED) is 0.285. The predicted molar refractivity (Wildman–Crippen MR) is 146 cm³/mol. The summed E-state index contributed by atoms with van der Waals surface area (Å²) in [6, 6.07) is 19.9. The highest BCUT2D eigenvalue weighted by Gasteiger charge is 2.22. The second-order valence-corrected chi connectivity index (χ2v) is 10.1. The van der Waals surface area contributed by atoms with Gasteiger partial charge in [0.1, 0.15) is 11.6 Å². The number of ether oxygens (including phenoxy) is 2. The Labute approximate surface area is 224 Å². The molecule has 0 radical (unpaired) electrons. The Balaban J connectivity index is 1.40. The fourth-order valence-corrected chi connectivity index (χ4v) is 5.08. The molecular formula is C26H25BrCl2N2O2S. The average Bonchev–Trinajstić information content (AvgIpc) is 2.85. The molecule has 0 aliphatic carbocycles. The fourth-order valence-electron chi connectivity index (χ4n) is 3.90. The predicted octanol–water partition coefficient (Wildman–Crippen LogP) is 6.84. The van der Waals surface area contributed by atoms with E-state index in [4.69, 9.17) is 44.9 Å². The van der Waals surface area contributed by atoms with Gasteiger partial charge in [-0.05, 0) is 51.3 Å². The van der Waals surface area contributed by atoms with Crippen LogP contribution in [0.15, 0.2) is 65.1 Å². The second kappa shape index (κ2) is 11.7. The van der Waals surface area contributed by atoms with E-state index in [0.29, 0.717) is 28.2 Å². The van der Waals surface area contributed by atoms with Crippen molar-refractivity contribution < 1.29 is 9.47 Å². The Morgan fingerprint density at radius 3 is 2.35 bits per heavy atom. The molecule has 0 atom stereocenters. The largest absolute Gasteiger partial charge is 0.493 e. The highest BCUT2D eigenvalue weighted by atomic mass is 79.9. The smallest absolute Gasteiger partial charge is 0.175 e. The van der Waals surface area contributed by atoms with Crippen molar-refractivity contribution in [1.29, 1.82) is 0 Å². The van der Waals surface area contributed by atoms with E-state index in [2.05, 4.69) is 56.1 Å². The number of rotatable bonds is 7. The highest BCUT2D eigenvalue weighted by Crippen LogP contribution is 2.38. The van der Waals surface area contributed by atoms with Crippen LogP contribution in [0.5, 0.6) is 11.5 Å². The van der Waals surface area contributed by atoms with E-state index in [1.165, 1.54) is 5.56 Å². The summed E-state index contributed by atoms with van der Waals surface area (Å²) >= 11 is 21.6. The minimum atomic E-state index is 0.332. The summed E-state index contributed by atoms with van der Waals surface area (Å²) < 4.78 is 12.5. The van der Waals surface area contributed by atoms with Crippen molar-refractivity contribution in [3.05, 3.63) is 91.9 Å². The zero-order chi connectivity index (χ0) is 24.1. The molecule has 3 aromatic rings. The lowest BCUT2D eigenvalue weighted by molar-refractivity contribution is 0.177. The molecule has 0 unspecified atom stereocenters. The van der Waals surface area contributed by atoms with Crippen molar-refractivity contribution in [2.45, 2.75) is 13.2 Å². The minimum Gasteiger partial charge on any atom is -0.493 e. The number of piperazine rings is 1. The molecule has 3 aromatic carbocycles. The SMILES string of the molecule is COc1cc(C(=S)N2CCN(Cc3ccccc3)CC2)cc(Br)c1OCc1ccc(Cl)c(Cl)c1. The van der Waals surface area contributed by atoms with E-state index in [1.807, 2.05) is 18.2 Å². The first-order valence-electron chi connectivity index (χ1n) is 10.9. The Morgan fingerprint density at radius 1 is 0.941 bits per heavy atom. The zero-order valence-electron chi connectivity index (χ0n) is 18.8. The molecule has 0 bridgehead atoms. The molecule has 0 N–H and O–H groups in total. The monoisotopic (exact) mass is 578 g/mol. The maximum Gasteiger partial charge on any atom is 0.175 e. The normalized spacial score (nSPS) is 14.2. The highest BCUT2D eigenvalue weighted by molar-refractivity contribution is 9.10. The Morgan fingerprint density at radius 2 is 1.68 bits per heavy atom. The van der Waals surface area contributed by atoms with E-state index in [0.717, 1.165) is 53.3 Å². The lowest BCUT2D eigenvalue weighted by atomic mass is 10.1. The van der Waals surface area contributed by atoms with E-state index in [-0.39, 0.29) is 0 Å². The molecule has 1 fully saturated rings. The van der Waals surface area contributed by atoms with E-state index >= 15 is 0 Å². The van der Waals surface area contributed by atoms with Gasteiger partial charge in [0.2, 0.25) is 0 Å². The molecule has 1 aliphatic rings. The molecule has 4 rings (SSSR count). The minimum absolute atomic E-state index is 0.332. The van der Waals surface area contributed by atoms with Gasteiger partial charge in [-0.2, -0.15) is 0 Å². The topological polar surface area (TPSA) is 24.9 Å². The molecule has 1 aliphatic heterocycles. The van der Waals surface area contributed by atoms with Gasteiger partial charge >= 0.3 is 0 Å². The summed E-state index contributed by atoms with van der Waals surface area (Å²) in [7, 11) is 1.63. The number of thiocarbonyl (C=S) groups is 1. The van der Waals surface area contributed by atoms with Crippen molar-refractivity contribution in [2.75, 3.05) is 33.3 Å². The number of nitrogens with zero attached hydrogens (tertiary/aromatic N) is 2. The van der Waals surface area contributed by atoms with Crippen molar-refractivity contribution >= 4 is 56.3 Å². The summed E-state index contributed by atoms with van der Waals surface area (Å²) in [5, 5.41) is 1.02. The number of methoxy groups -OCH3 is 1. The van der Waals surface area contributed by atoms with Crippen molar-refractivity contribution in [1.82, 2.24) is 9.80 Å². The Bertz CT molecular complexity index is 1160. The first kappa shape index (κ1) is 25.3. The molecule has 178 valence electrons. The summed E-state index contributed by atoms with van der Waals surface area (Å²) in [5.41, 5.74) is 3.18. The van der Waals surface area contributed by atoms with Gasteiger partial charge in [0.25, 0.3) is 0 Å². The third kappa shape index (κ3) is 6.23. The lowest BCUT2D eigenvalue weighted by Gasteiger charge is -2.36. The van der Waals surface area contributed by atoms with Gasteiger partial charge in [-0.25, -0.2) is 0 Å². The number of halogens is 3. The molecular weight excluding hydrogens is 555 g/mol. The van der Waals surface area contributed by atoms with Crippen LogP contribution in [0.25, 0.3) is 0 Å². The molecule has 0 saturated carbocycles. The number of benzene rings is 3. The first-order chi connectivity index (χ1) is 16.4. The summed E-state index contributed by atoms with van der Waals surface area (Å²) in [6.45, 7) is 5.02. The van der Waals surface area contributed by atoms with Crippen molar-refractivity contribution in [3.8, 4) is 11.5 Å². The first-order valence-corrected chi connectivity index (χ1v) is 12.9. The summed E-state index contributed by atoms with van der Waals surface area (Å²) in [5.74, 6) is 1.24. The maximum atomic E-state index is 6.12. The van der Waals surface area contributed by atoms with Crippen LogP contribution in [-0.2, 0) is 13.2 Å². The van der Waals surface area contributed by atoms with E-state index < -0.39 is 0 Å². The summed E-state index contributed by atoms with van der Waals surface area (Å²) in [4.78, 5) is 5.54. The zero-order valence-corrected chi connectivity index (χ0v) is 22.7. The van der Waals surface area contributed by atoms with Crippen LogP contribution >= 0.6 is 51.3 Å². The van der Waals surface area contributed by atoms with Crippen LogP contribution in [0.1, 0.15) is 16.7 Å². The van der Waals surface area contributed by atoms with Gasteiger partial charge in [-0.1, -0.05) is 71.8 Å². The van der Waals surface area contributed by atoms with Crippen LogP contribution in [0.3, 0.4) is 0 Å². The molecule has 1 heterocycles. The molecule has 4 nitrogen and oxygen atoms in total. The van der Waals surface area contributed by atoms with Gasteiger partial charge in [-0.15, -0.1) is 0 Å². The lowest BCUT2D eigenvalue weighted by Crippen LogP contribution is -2.48. The third-order valence-corrected chi connectivity index (χ3v) is 7.57. The molecule has 8 heteroatoms. The maximum absolute atomic E-state index is 6.12. The van der Waals surface area contributed by atoms with E-state index in [1.54, 1.807) is 19.2 Å². The van der Waals surface area contributed by atoms with Gasteiger partial charge in [-0.3, -0.25) is 4.90 Å². The van der Waals surface area contributed by atoms with Crippen molar-refractivity contribution in [3.63, 3.8) is 0 Å². The van der Waals surface area contributed by atoms with Gasteiger partial charge < -0.3 is 14.4 Å². The molecule has 1 saturated heterocycles. The summed E-state index contributed by atoms with van der Waals surface area (Å²) in [6.07, 6.45) is 0. The van der Waals surface area contributed by atoms with Crippen molar-refractivity contribution in [2.24, 2.45) is 0 Å². The molecule has 0 spiro atoms. The fraction of sp³-hybridized carbons (Fsp3) is 0.269. The van der Waals surface area contributed by atoms with E-state index in [9.17, 15) is 0 Å². The van der Waals surface area contributed by atoms with Crippen LogP contribution in [-0.4, -0.2) is 48.1 Å². The standard InChI is InChI=1S/C26H25BrCl2N2O2S/c1-32-24-15-20(14-21(27)25(24)33-17-19-7-8-22(28)23(29)13-19)26(34)31-11-9-30(10-12-31)16-18-5-3-2-4-6-18/h2-8,13-15H,9-12,16-17H2,1H3.